The minimum absolute atomic E-state index is 0.179. The lowest BCUT2D eigenvalue weighted by atomic mass is 10.1. The summed E-state index contributed by atoms with van der Waals surface area (Å²) in [6.45, 7) is 5.26. The number of nitrogens with one attached hydrogen (secondary N) is 1. The van der Waals surface area contributed by atoms with Crippen LogP contribution in [0.4, 0.5) is 0 Å². The Labute approximate surface area is 108 Å². The minimum Gasteiger partial charge on any atom is -0.467 e. The number of likely N-dealkylation sites (N-methyl/N-ethyl adjacent to an activating group) is 1. The van der Waals surface area contributed by atoms with Gasteiger partial charge in [-0.05, 0) is 32.0 Å². The second-order valence-electron chi connectivity index (χ2n) is 4.55. The van der Waals surface area contributed by atoms with Crippen molar-refractivity contribution in [2.45, 2.75) is 39.3 Å². The van der Waals surface area contributed by atoms with Crippen LogP contribution >= 0.6 is 0 Å². The molecule has 0 fully saturated rings. The van der Waals surface area contributed by atoms with Crippen LogP contribution in [-0.4, -0.2) is 16.6 Å². The van der Waals surface area contributed by atoms with Gasteiger partial charge < -0.3 is 14.3 Å². The Kier molecular flexibility index (Phi) is 4.20. The summed E-state index contributed by atoms with van der Waals surface area (Å²) in [4.78, 5) is 4.44. The number of aromatic nitrogens is 2. The second-order valence-corrected chi connectivity index (χ2v) is 4.55. The van der Waals surface area contributed by atoms with Gasteiger partial charge in [0.15, 0.2) is 0 Å². The third-order valence-electron chi connectivity index (χ3n) is 3.22. The molecule has 1 atom stereocenters. The molecule has 0 aromatic carbocycles. The maximum atomic E-state index is 5.57. The van der Waals surface area contributed by atoms with Gasteiger partial charge in [-0.2, -0.15) is 0 Å². The number of nitrogens with zero attached hydrogens (tertiary/aromatic N) is 2. The molecule has 2 aromatic rings. The Balaban J connectivity index is 2.15. The van der Waals surface area contributed by atoms with Gasteiger partial charge in [0.25, 0.3) is 0 Å². The van der Waals surface area contributed by atoms with Gasteiger partial charge in [-0.15, -0.1) is 0 Å². The van der Waals surface area contributed by atoms with E-state index in [-0.39, 0.29) is 6.04 Å². The monoisotopic (exact) mass is 247 g/mol. The molecule has 4 nitrogen and oxygen atoms in total. The predicted molar refractivity (Wildman–Crippen MR) is 71.5 cm³/mol. The lowest BCUT2D eigenvalue weighted by Gasteiger charge is -2.15. The van der Waals surface area contributed by atoms with Crippen molar-refractivity contribution in [3.8, 4) is 0 Å². The van der Waals surface area contributed by atoms with Crippen LogP contribution in [0.15, 0.2) is 29.1 Å². The van der Waals surface area contributed by atoms with Crippen molar-refractivity contribution in [1.29, 1.82) is 0 Å². The van der Waals surface area contributed by atoms with E-state index in [1.165, 1.54) is 5.56 Å². The van der Waals surface area contributed by atoms with Crippen molar-refractivity contribution in [3.63, 3.8) is 0 Å². The molecule has 0 aliphatic rings. The molecular weight excluding hydrogens is 226 g/mol. The van der Waals surface area contributed by atoms with E-state index in [0.717, 1.165) is 31.0 Å². The summed E-state index contributed by atoms with van der Waals surface area (Å²) < 4.78 is 7.78. The first-order valence-corrected chi connectivity index (χ1v) is 6.47. The number of imidazole rings is 1. The molecule has 2 heterocycles. The average Bonchev–Trinajstić information content (AvgIpc) is 2.96. The molecule has 0 saturated heterocycles. The molecule has 0 radical (unpaired) electrons. The fourth-order valence-electron chi connectivity index (χ4n) is 2.22. The first-order chi connectivity index (χ1) is 8.76. The van der Waals surface area contributed by atoms with E-state index in [9.17, 15) is 0 Å². The standard InChI is InChI=1S/C14H21N3O/c1-4-7-17-8-6-16-13(17)10-12(15-3)14-11(2)5-9-18-14/h5-6,8-9,12,15H,4,7,10H2,1-3H3. The minimum atomic E-state index is 0.179. The Morgan fingerprint density at radius 1 is 1.50 bits per heavy atom. The van der Waals surface area contributed by atoms with Crippen LogP contribution in [0.2, 0.25) is 0 Å². The number of hydrogen-bond donors (Lipinski definition) is 1. The highest BCUT2D eigenvalue weighted by Gasteiger charge is 2.18. The first-order valence-electron chi connectivity index (χ1n) is 6.47. The summed E-state index contributed by atoms with van der Waals surface area (Å²) in [6, 6.07) is 2.18. The first kappa shape index (κ1) is 12.9. The summed E-state index contributed by atoms with van der Waals surface area (Å²) in [5.74, 6) is 2.11. The summed E-state index contributed by atoms with van der Waals surface area (Å²) in [7, 11) is 1.96. The van der Waals surface area contributed by atoms with Gasteiger partial charge >= 0.3 is 0 Å². The molecule has 4 heteroatoms. The van der Waals surface area contributed by atoms with Gasteiger partial charge in [-0.3, -0.25) is 0 Å². The quantitative estimate of drug-likeness (QED) is 0.853. The van der Waals surface area contributed by atoms with E-state index in [1.807, 2.05) is 25.5 Å². The van der Waals surface area contributed by atoms with Gasteiger partial charge in [0.2, 0.25) is 0 Å². The van der Waals surface area contributed by atoms with Crippen molar-refractivity contribution in [2.75, 3.05) is 7.05 Å². The Bertz CT molecular complexity index is 487. The normalized spacial score (nSPS) is 12.8. The lowest BCUT2D eigenvalue weighted by Crippen LogP contribution is -2.21. The topological polar surface area (TPSA) is 43.0 Å². The molecule has 0 amide bonds. The van der Waals surface area contributed by atoms with Gasteiger partial charge in [-0.25, -0.2) is 4.98 Å². The van der Waals surface area contributed by atoms with Gasteiger partial charge in [0.1, 0.15) is 11.6 Å². The van der Waals surface area contributed by atoms with Crippen molar-refractivity contribution in [2.24, 2.45) is 0 Å². The second kappa shape index (κ2) is 5.87. The van der Waals surface area contributed by atoms with Crippen LogP contribution in [0.5, 0.6) is 0 Å². The lowest BCUT2D eigenvalue weighted by molar-refractivity contribution is 0.417. The van der Waals surface area contributed by atoms with E-state index in [2.05, 4.69) is 28.7 Å². The van der Waals surface area contributed by atoms with Crippen LogP contribution in [0.25, 0.3) is 0 Å². The van der Waals surface area contributed by atoms with Crippen LogP contribution in [0.1, 0.15) is 36.5 Å². The van der Waals surface area contributed by atoms with E-state index in [0.29, 0.717) is 0 Å². The molecule has 0 spiro atoms. The fourth-order valence-corrected chi connectivity index (χ4v) is 2.22. The summed E-state index contributed by atoms with van der Waals surface area (Å²) in [6.07, 6.45) is 7.62. The summed E-state index contributed by atoms with van der Waals surface area (Å²) in [5.41, 5.74) is 1.18. The van der Waals surface area contributed by atoms with E-state index in [4.69, 9.17) is 4.42 Å². The average molecular weight is 247 g/mol. The Morgan fingerprint density at radius 2 is 2.33 bits per heavy atom. The van der Waals surface area contributed by atoms with Crippen LogP contribution in [0, 0.1) is 6.92 Å². The third-order valence-corrected chi connectivity index (χ3v) is 3.22. The van der Waals surface area contributed by atoms with Gasteiger partial charge in [0.05, 0.1) is 12.3 Å². The molecule has 1 unspecified atom stereocenters. The molecule has 0 bridgehead atoms. The van der Waals surface area contributed by atoms with Gasteiger partial charge in [0, 0.05) is 25.4 Å². The number of hydrogen-bond acceptors (Lipinski definition) is 3. The van der Waals surface area contributed by atoms with E-state index < -0.39 is 0 Å². The summed E-state index contributed by atoms with van der Waals surface area (Å²) in [5, 5.41) is 3.31. The van der Waals surface area contributed by atoms with Crippen LogP contribution in [0.3, 0.4) is 0 Å². The number of aryl methyl sites for hydroxylation is 2. The zero-order chi connectivity index (χ0) is 13.0. The number of rotatable bonds is 6. The van der Waals surface area contributed by atoms with Crippen molar-refractivity contribution in [3.05, 3.63) is 41.9 Å². The highest BCUT2D eigenvalue weighted by Crippen LogP contribution is 2.21. The van der Waals surface area contributed by atoms with Crippen LogP contribution < -0.4 is 5.32 Å². The van der Waals surface area contributed by atoms with Gasteiger partial charge in [-0.1, -0.05) is 6.92 Å². The highest BCUT2D eigenvalue weighted by atomic mass is 16.3. The van der Waals surface area contributed by atoms with E-state index >= 15 is 0 Å². The molecule has 2 aromatic heterocycles. The van der Waals surface area contributed by atoms with Crippen molar-refractivity contribution in [1.82, 2.24) is 14.9 Å². The zero-order valence-corrected chi connectivity index (χ0v) is 11.3. The molecule has 18 heavy (non-hydrogen) atoms. The largest absolute Gasteiger partial charge is 0.467 e. The van der Waals surface area contributed by atoms with Crippen molar-refractivity contribution < 1.29 is 4.42 Å². The Morgan fingerprint density at radius 3 is 2.94 bits per heavy atom. The third kappa shape index (κ3) is 2.64. The highest BCUT2D eigenvalue weighted by molar-refractivity contribution is 5.19. The molecule has 0 saturated carbocycles. The van der Waals surface area contributed by atoms with Crippen molar-refractivity contribution >= 4 is 0 Å². The smallest absolute Gasteiger partial charge is 0.124 e. The molecule has 98 valence electrons. The molecular formula is C14H21N3O. The number of furan rings is 1. The zero-order valence-electron chi connectivity index (χ0n) is 11.3. The predicted octanol–water partition coefficient (Wildman–Crippen LogP) is 2.70. The molecule has 2 rings (SSSR count). The molecule has 0 aliphatic heterocycles. The maximum absolute atomic E-state index is 5.57. The molecule has 1 N–H and O–H groups in total. The Hall–Kier alpha value is -1.55. The molecule has 0 aliphatic carbocycles. The summed E-state index contributed by atoms with van der Waals surface area (Å²) >= 11 is 0. The van der Waals surface area contributed by atoms with E-state index in [1.54, 1.807) is 6.26 Å². The maximum Gasteiger partial charge on any atom is 0.124 e. The SMILES string of the molecule is CCCn1ccnc1CC(NC)c1occc1C. The van der Waals surface area contributed by atoms with Crippen LogP contribution in [-0.2, 0) is 13.0 Å². The fraction of sp³-hybridized carbons (Fsp3) is 0.500.